The Morgan fingerprint density at radius 2 is 1.78 bits per heavy atom. The van der Waals surface area contributed by atoms with E-state index in [2.05, 4.69) is 4.90 Å². The van der Waals surface area contributed by atoms with Crippen molar-refractivity contribution in [2.75, 3.05) is 46.5 Å². The number of esters is 1. The average Bonchev–Trinajstić information content (AvgIpc) is 3.59. The van der Waals surface area contributed by atoms with Gasteiger partial charge in [0.05, 0.1) is 30.3 Å². The smallest absolute Gasteiger partial charge is 0.338 e. The Bertz CT molecular complexity index is 1090. The first kappa shape index (κ1) is 26.0. The molecule has 1 atom stereocenters. The van der Waals surface area contributed by atoms with Crippen molar-refractivity contribution in [2.45, 2.75) is 51.1 Å². The summed E-state index contributed by atoms with van der Waals surface area (Å²) in [5.74, 6) is -0.279. The lowest BCUT2D eigenvalue weighted by Crippen LogP contribution is -2.51. The predicted octanol–water partition coefficient (Wildman–Crippen LogP) is 3.93. The van der Waals surface area contributed by atoms with Crippen molar-refractivity contribution < 1.29 is 19.1 Å². The van der Waals surface area contributed by atoms with Crippen molar-refractivity contribution in [1.82, 2.24) is 14.7 Å². The van der Waals surface area contributed by atoms with Gasteiger partial charge in [0.25, 0.3) is 0 Å². The molecule has 0 bridgehead atoms. The zero-order valence-electron chi connectivity index (χ0n) is 21.7. The minimum Gasteiger partial charge on any atom is -0.460 e. The van der Waals surface area contributed by atoms with Gasteiger partial charge < -0.3 is 19.3 Å². The van der Waals surface area contributed by atoms with Crippen LogP contribution in [0.25, 0.3) is 0 Å². The van der Waals surface area contributed by atoms with E-state index in [1.807, 2.05) is 52.5 Å². The largest absolute Gasteiger partial charge is 0.460 e. The van der Waals surface area contributed by atoms with Gasteiger partial charge in [0.2, 0.25) is 5.91 Å². The molecular formula is C28H36N4O4S. The van der Waals surface area contributed by atoms with E-state index in [1.54, 1.807) is 7.11 Å². The molecule has 37 heavy (non-hydrogen) atoms. The molecule has 3 heterocycles. The zero-order valence-corrected chi connectivity index (χ0v) is 22.5. The Kier molecular flexibility index (Phi) is 8.32. The van der Waals surface area contributed by atoms with Crippen LogP contribution in [-0.2, 0) is 19.1 Å². The van der Waals surface area contributed by atoms with Crippen molar-refractivity contribution in [2.24, 2.45) is 4.99 Å². The Hall–Kier alpha value is -2.62. The van der Waals surface area contributed by atoms with Gasteiger partial charge in [-0.15, -0.1) is 0 Å². The number of carbonyl (C=O) groups is 2. The molecule has 1 aromatic carbocycles. The molecule has 2 fully saturated rings. The van der Waals surface area contributed by atoms with Crippen LogP contribution in [0, 0.1) is 0 Å². The highest BCUT2D eigenvalue weighted by atomic mass is 32.2. The van der Waals surface area contributed by atoms with Crippen LogP contribution in [0.1, 0.15) is 50.6 Å². The van der Waals surface area contributed by atoms with Gasteiger partial charge in [0.1, 0.15) is 6.61 Å². The predicted molar refractivity (Wildman–Crippen MR) is 145 cm³/mol. The molecule has 1 aliphatic carbocycles. The lowest BCUT2D eigenvalue weighted by Gasteiger charge is -2.39. The first-order valence-electron chi connectivity index (χ1n) is 13.2. The molecule has 0 spiro atoms. The van der Waals surface area contributed by atoms with Crippen molar-refractivity contribution in [3.63, 3.8) is 0 Å². The summed E-state index contributed by atoms with van der Waals surface area (Å²) >= 11 is 1.51. The number of thioether (sulfide) groups is 1. The Balaban J connectivity index is 1.32. The highest BCUT2D eigenvalue weighted by Gasteiger charge is 2.41. The van der Waals surface area contributed by atoms with Crippen molar-refractivity contribution >= 4 is 28.8 Å². The van der Waals surface area contributed by atoms with Crippen molar-refractivity contribution in [3.05, 3.63) is 58.3 Å². The second kappa shape index (κ2) is 11.8. The molecule has 0 unspecified atom stereocenters. The quantitative estimate of drug-likeness (QED) is 0.377. The molecule has 1 aromatic rings. The number of piperazine rings is 1. The number of ether oxygens (including phenoxy) is 2. The topological polar surface area (TPSA) is 74.7 Å². The third-order valence-electron chi connectivity index (χ3n) is 7.70. The molecular weight excluding hydrogens is 488 g/mol. The average molecular weight is 525 g/mol. The number of methoxy groups -OCH3 is 1. The molecule has 4 aliphatic rings. The summed E-state index contributed by atoms with van der Waals surface area (Å²) in [5.41, 5.74) is 2.96. The van der Waals surface area contributed by atoms with Gasteiger partial charge in [0, 0.05) is 45.0 Å². The summed E-state index contributed by atoms with van der Waals surface area (Å²) < 4.78 is 10.6. The molecule has 3 aliphatic heterocycles. The minimum atomic E-state index is -0.406. The normalized spacial score (nSPS) is 22.7. The van der Waals surface area contributed by atoms with E-state index in [4.69, 9.17) is 14.5 Å². The van der Waals surface area contributed by atoms with Crippen LogP contribution in [0.3, 0.4) is 0 Å². The lowest BCUT2D eigenvalue weighted by molar-refractivity contribution is -0.141. The number of hydrogen-bond donors (Lipinski definition) is 0. The van der Waals surface area contributed by atoms with Gasteiger partial charge in [-0.1, -0.05) is 54.9 Å². The SMILES string of the molecule is COCCOC(=O)C1=C(C)N=C2SC=C(CC(=O)N3CCN(C4CCCC4)CC3)N2[C@@H]1c1ccccc1. The second-order valence-corrected chi connectivity index (χ2v) is 10.8. The molecule has 0 aromatic heterocycles. The molecule has 9 heteroatoms. The standard InChI is InChI=1S/C28H36N4O4S/c1-20-25(27(34)36-17-16-35-2)26(21-8-4-3-5-9-21)32-23(19-37-28(32)29-20)18-24(33)31-14-12-30(13-15-31)22-10-6-7-11-22/h3-5,8-9,19,22,26H,6-7,10-18H2,1-2H3/t26-/m1/s1. The molecule has 0 N–H and O–H groups in total. The van der Waals surface area contributed by atoms with E-state index in [0.717, 1.165) is 42.6 Å². The zero-order chi connectivity index (χ0) is 25.8. The van der Waals surface area contributed by atoms with Crippen LogP contribution in [0.4, 0.5) is 0 Å². The Labute approximate surface area is 223 Å². The minimum absolute atomic E-state index is 0.126. The highest BCUT2D eigenvalue weighted by Crippen LogP contribution is 2.45. The Morgan fingerprint density at radius 3 is 2.49 bits per heavy atom. The molecule has 198 valence electrons. The fraction of sp³-hybridized carbons (Fsp3) is 0.536. The maximum Gasteiger partial charge on any atom is 0.338 e. The third-order valence-corrected chi connectivity index (χ3v) is 8.59. The Morgan fingerprint density at radius 1 is 1.05 bits per heavy atom. The van der Waals surface area contributed by atoms with Crippen LogP contribution in [0.2, 0.25) is 0 Å². The number of fused-ring (bicyclic) bond motifs is 1. The molecule has 1 amide bonds. The monoisotopic (exact) mass is 524 g/mol. The number of allylic oxidation sites excluding steroid dienone is 1. The second-order valence-electron chi connectivity index (χ2n) is 9.96. The molecule has 0 radical (unpaired) electrons. The summed E-state index contributed by atoms with van der Waals surface area (Å²) in [5, 5.41) is 2.79. The number of amides is 1. The number of rotatable bonds is 8. The van der Waals surface area contributed by atoms with Crippen LogP contribution >= 0.6 is 11.8 Å². The number of nitrogens with zero attached hydrogens (tertiary/aromatic N) is 4. The summed E-state index contributed by atoms with van der Waals surface area (Å²) in [6.45, 7) is 5.80. The number of aliphatic imine (C=N–C) groups is 1. The molecule has 8 nitrogen and oxygen atoms in total. The van der Waals surface area contributed by atoms with Crippen molar-refractivity contribution in [1.29, 1.82) is 0 Å². The van der Waals surface area contributed by atoms with Gasteiger partial charge in [-0.3, -0.25) is 9.69 Å². The maximum atomic E-state index is 13.4. The molecule has 1 saturated heterocycles. The van der Waals surface area contributed by atoms with Crippen molar-refractivity contribution in [3.8, 4) is 0 Å². The fourth-order valence-corrected chi connectivity index (χ4v) is 6.71. The van der Waals surface area contributed by atoms with Gasteiger partial charge >= 0.3 is 5.97 Å². The van der Waals surface area contributed by atoms with E-state index in [-0.39, 0.29) is 18.9 Å². The number of hydrogen-bond acceptors (Lipinski definition) is 8. The number of amidine groups is 1. The summed E-state index contributed by atoms with van der Waals surface area (Å²) in [6.07, 6.45) is 5.52. The van der Waals surface area contributed by atoms with E-state index < -0.39 is 12.0 Å². The lowest BCUT2D eigenvalue weighted by atomic mass is 9.94. The van der Waals surface area contributed by atoms with E-state index in [1.165, 1.54) is 37.4 Å². The van der Waals surface area contributed by atoms with Gasteiger partial charge in [-0.05, 0) is 30.7 Å². The van der Waals surface area contributed by atoms with E-state index in [0.29, 0.717) is 23.9 Å². The first-order valence-corrected chi connectivity index (χ1v) is 14.1. The molecule has 5 rings (SSSR count). The summed E-state index contributed by atoms with van der Waals surface area (Å²) in [7, 11) is 1.58. The van der Waals surface area contributed by atoms with E-state index in [9.17, 15) is 9.59 Å². The van der Waals surface area contributed by atoms with E-state index >= 15 is 0 Å². The van der Waals surface area contributed by atoms with Crippen LogP contribution in [0.15, 0.2) is 57.7 Å². The number of benzene rings is 1. The third kappa shape index (κ3) is 5.63. The number of carbonyl (C=O) groups excluding carboxylic acids is 2. The van der Waals surface area contributed by atoms with Gasteiger partial charge in [-0.2, -0.15) is 0 Å². The van der Waals surface area contributed by atoms with Gasteiger partial charge in [0.15, 0.2) is 5.17 Å². The highest BCUT2D eigenvalue weighted by molar-refractivity contribution is 8.16. The van der Waals surface area contributed by atoms with Crippen LogP contribution in [0.5, 0.6) is 0 Å². The van der Waals surface area contributed by atoms with Crippen LogP contribution < -0.4 is 0 Å². The summed E-state index contributed by atoms with van der Waals surface area (Å²) in [6, 6.07) is 10.2. The maximum absolute atomic E-state index is 13.4. The van der Waals surface area contributed by atoms with Crippen LogP contribution in [-0.4, -0.2) is 84.3 Å². The van der Waals surface area contributed by atoms with Gasteiger partial charge in [-0.25, -0.2) is 9.79 Å². The summed E-state index contributed by atoms with van der Waals surface area (Å²) in [4.78, 5) is 38.0. The fourth-order valence-electron chi connectivity index (χ4n) is 5.75. The molecule has 1 saturated carbocycles. The first-order chi connectivity index (χ1) is 18.1.